The highest BCUT2D eigenvalue weighted by Gasteiger charge is 2.08. The van der Waals surface area contributed by atoms with Crippen molar-refractivity contribution >= 4 is 17.4 Å². The topological polar surface area (TPSA) is 71.4 Å². The second-order valence-electron chi connectivity index (χ2n) is 5.84. The minimum atomic E-state index is -0.251. The second kappa shape index (κ2) is 8.34. The van der Waals surface area contributed by atoms with Gasteiger partial charge in [0, 0.05) is 38.6 Å². The molecule has 0 bridgehead atoms. The molecule has 1 aliphatic rings. The van der Waals surface area contributed by atoms with Crippen LogP contribution in [0.3, 0.4) is 0 Å². The van der Waals surface area contributed by atoms with Gasteiger partial charge in [-0.2, -0.15) is 5.10 Å². The number of urea groups is 1. The van der Waals surface area contributed by atoms with Crippen LogP contribution in [0.25, 0.3) is 0 Å². The molecule has 0 radical (unpaired) electrons. The molecule has 132 valence electrons. The molecule has 1 aliphatic heterocycles. The van der Waals surface area contributed by atoms with E-state index in [1.807, 2.05) is 12.1 Å². The maximum absolute atomic E-state index is 12.0. The minimum absolute atomic E-state index is 0.251. The van der Waals surface area contributed by atoms with E-state index in [0.717, 1.165) is 18.7 Å². The standard InChI is InChI=1S/C18H23N5O2/c1-25-11-10-23-14-16(13-20-23)21-18(24)19-12-15-4-6-17(7-5-15)22-8-2-3-9-22/h2-7,13-14H,8-12H2,1H3,(H2,19,21,24). The van der Waals surface area contributed by atoms with Crippen molar-refractivity contribution in [3.05, 3.63) is 54.4 Å². The van der Waals surface area contributed by atoms with Crippen LogP contribution in [-0.4, -0.2) is 42.6 Å². The molecule has 1 aromatic heterocycles. The van der Waals surface area contributed by atoms with E-state index in [0.29, 0.717) is 25.4 Å². The predicted molar refractivity (Wildman–Crippen MR) is 97.8 cm³/mol. The number of hydrogen-bond donors (Lipinski definition) is 2. The van der Waals surface area contributed by atoms with Crippen molar-refractivity contribution in [2.75, 3.05) is 37.0 Å². The Bertz CT molecular complexity index is 715. The number of carbonyl (C=O) groups is 1. The number of nitrogens with one attached hydrogen (secondary N) is 2. The number of methoxy groups -OCH3 is 1. The number of anilines is 2. The number of benzene rings is 1. The summed E-state index contributed by atoms with van der Waals surface area (Å²) in [5.41, 5.74) is 2.91. The summed E-state index contributed by atoms with van der Waals surface area (Å²) in [6, 6.07) is 8.00. The van der Waals surface area contributed by atoms with E-state index in [4.69, 9.17) is 4.74 Å². The summed E-state index contributed by atoms with van der Waals surface area (Å²) in [4.78, 5) is 14.3. The molecule has 0 spiro atoms. The molecule has 2 amide bonds. The third-order valence-electron chi connectivity index (χ3n) is 3.99. The van der Waals surface area contributed by atoms with E-state index < -0.39 is 0 Å². The Kier molecular flexibility index (Phi) is 5.69. The third-order valence-corrected chi connectivity index (χ3v) is 3.99. The summed E-state index contributed by atoms with van der Waals surface area (Å²) < 4.78 is 6.72. The van der Waals surface area contributed by atoms with Crippen LogP contribution in [0, 0.1) is 0 Å². The predicted octanol–water partition coefficient (Wildman–Crippen LogP) is 2.23. The maximum atomic E-state index is 12.0. The molecule has 7 nitrogen and oxygen atoms in total. The highest BCUT2D eigenvalue weighted by molar-refractivity contribution is 5.88. The van der Waals surface area contributed by atoms with Crippen molar-refractivity contribution in [1.82, 2.24) is 15.1 Å². The Morgan fingerprint density at radius 3 is 2.72 bits per heavy atom. The van der Waals surface area contributed by atoms with Crippen molar-refractivity contribution in [2.45, 2.75) is 13.1 Å². The van der Waals surface area contributed by atoms with Gasteiger partial charge in [0.25, 0.3) is 0 Å². The number of rotatable bonds is 7. The zero-order valence-corrected chi connectivity index (χ0v) is 14.3. The zero-order chi connectivity index (χ0) is 17.5. The summed E-state index contributed by atoms with van der Waals surface area (Å²) in [7, 11) is 1.64. The van der Waals surface area contributed by atoms with E-state index >= 15 is 0 Å². The van der Waals surface area contributed by atoms with Crippen LogP contribution in [0.2, 0.25) is 0 Å². The summed E-state index contributed by atoms with van der Waals surface area (Å²) in [6.07, 6.45) is 7.72. The molecule has 0 atom stereocenters. The first-order valence-electron chi connectivity index (χ1n) is 8.30. The Hall–Kier alpha value is -2.80. The molecule has 2 aromatic rings. The normalized spacial score (nSPS) is 13.2. The van der Waals surface area contributed by atoms with Gasteiger partial charge in [-0.25, -0.2) is 4.79 Å². The highest BCUT2D eigenvalue weighted by atomic mass is 16.5. The van der Waals surface area contributed by atoms with Gasteiger partial charge in [-0.15, -0.1) is 0 Å². The first-order valence-corrected chi connectivity index (χ1v) is 8.30. The Morgan fingerprint density at radius 2 is 2.00 bits per heavy atom. The number of amides is 2. The maximum Gasteiger partial charge on any atom is 0.319 e. The summed E-state index contributed by atoms with van der Waals surface area (Å²) in [5.74, 6) is 0. The average Bonchev–Trinajstić information content (AvgIpc) is 3.31. The fourth-order valence-corrected chi connectivity index (χ4v) is 2.61. The number of aromatic nitrogens is 2. The largest absolute Gasteiger partial charge is 0.383 e. The molecule has 0 fully saturated rings. The van der Waals surface area contributed by atoms with E-state index in [9.17, 15) is 4.79 Å². The van der Waals surface area contributed by atoms with Crippen molar-refractivity contribution in [3.8, 4) is 0 Å². The van der Waals surface area contributed by atoms with Crippen LogP contribution in [0.5, 0.6) is 0 Å². The van der Waals surface area contributed by atoms with Gasteiger partial charge in [-0.05, 0) is 17.7 Å². The van der Waals surface area contributed by atoms with Crippen molar-refractivity contribution in [2.24, 2.45) is 0 Å². The van der Waals surface area contributed by atoms with Crippen LogP contribution in [0.15, 0.2) is 48.8 Å². The molecule has 25 heavy (non-hydrogen) atoms. The number of ether oxygens (including phenoxy) is 1. The number of nitrogens with zero attached hydrogens (tertiary/aromatic N) is 3. The molecule has 7 heteroatoms. The average molecular weight is 341 g/mol. The lowest BCUT2D eigenvalue weighted by molar-refractivity contribution is 0.183. The van der Waals surface area contributed by atoms with E-state index in [-0.39, 0.29) is 6.03 Å². The molecule has 0 saturated carbocycles. The molecule has 2 N–H and O–H groups in total. The molecule has 3 rings (SSSR count). The lowest BCUT2D eigenvalue weighted by Crippen LogP contribution is -2.28. The summed E-state index contributed by atoms with van der Waals surface area (Å²) in [6.45, 7) is 3.62. The zero-order valence-electron chi connectivity index (χ0n) is 14.3. The SMILES string of the molecule is COCCn1cc(NC(=O)NCc2ccc(N3CC=CC3)cc2)cn1. The van der Waals surface area contributed by atoms with E-state index in [2.05, 4.69) is 44.9 Å². The number of hydrogen-bond acceptors (Lipinski definition) is 4. The molecule has 2 heterocycles. The Labute approximate surface area is 147 Å². The van der Waals surface area contributed by atoms with Gasteiger partial charge in [0.2, 0.25) is 0 Å². The van der Waals surface area contributed by atoms with Gasteiger partial charge < -0.3 is 20.3 Å². The third kappa shape index (κ3) is 4.84. The Balaban J connectivity index is 1.44. The molecular weight excluding hydrogens is 318 g/mol. The van der Waals surface area contributed by atoms with Gasteiger partial charge in [-0.3, -0.25) is 4.68 Å². The summed E-state index contributed by atoms with van der Waals surface area (Å²) >= 11 is 0. The smallest absolute Gasteiger partial charge is 0.319 e. The highest BCUT2D eigenvalue weighted by Crippen LogP contribution is 2.17. The van der Waals surface area contributed by atoms with Crippen molar-refractivity contribution in [1.29, 1.82) is 0 Å². The number of carbonyl (C=O) groups excluding carboxylic acids is 1. The van der Waals surface area contributed by atoms with Gasteiger partial charge in [0.05, 0.1) is 25.0 Å². The molecule has 1 aromatic carbocycles. The van der Waals surface area contributed by atoms with Crippen LogP contribution in [0.4, 0.5) is 16.2 Å². The van der Waals surface area contributed by atoms with Crippen molar-refractivity contribution < 1.29 is 9.53 Å². The Morgan fingerprint density at radius 1 is 1.24 bits per heavy atom. The molecule has 0 aliphatic carbocycles. The monoisotopic (exact) mass is 341 g/mol. The second-order valence-corrected chi connectivity index (χ2v) is 5.84. The van der Waals surface area contributed by atoms with E-state index in [1.54, 1.807) is 24.2 Å². The van der Waals surface area contributed by atoms with Gasteiger partial charge in [0.1, 0.15) is 0 Å². The van der Waals surface area contributed by atoms with Crippen LogP contribution >= 0.6 is 0 Å². The first-order chi connectivity index (χ1) is 12.2. The quantitative estimate of drug-likeness (QED) is 0.758. The minimum Gasteiger partial charge on any atom is -0.383 e. The fourth-order valence-electron chi connectivity index (χ4n) is 2.61. The summed E-state index contributed by atoms with van der Waals surface area (Å²) in [5, 5.41) is 9.78. The van der Waals surface area contributed by atoms with Crippen LogP contribution in [-0.2, 0) is 17.8 Å². The molecule has 0 saturated heterocycles. The van der Waals surface area contributed by atoms with Gasteiger partial charge in [0.15, 0.2) is 0 Å². The fraction of sp³-hybridized carbons (Fsp3) is 0.333. The van der Waals surface area contributed by atoms with Crippen LogP contribution in [0.1, 0.15) is 5.56 Å². The van der Waals surface area contributed by atoms with E-state index in [1.165, 1.54) is 5.69 Å². The van der Waals surface area contributed by atoms with Gasteiger partial charge in [-0.1, -0.05) is 24.3 Å². The lowest BCUT2D eigenvalue weighted by Gasteiger charge is -2.17. The first kappa shape index (κ1) is 17.0. The van der Waals surface area contributed by atoms with Crippen molar-refractivity contribution in [3.63, 3.8) is 0 Å². The van der Waals surface area contributed by atoms with Crippen LogP contribution < -0.4 is 15.5 Å². The molecular formula is C18H23N5O2. The molecule has 0 unspecified atom stereocenters. The lowest BCUT2D eigenvalue weighted by atomic mass is 10.2. The van der Waals surface area contributed by atoms with Gasteiger partial charge >= 0.3 is 6.03 Å².